The van der Waals surface area contributed by atoms with Crippen LogP contribution in [0.1, 0.15) is 12.6 Å². The minimum Gasteiger partial charge on any atom is -0.390 e. The predicted molar refractivity (Wildman–Crippen MR) is 63.0 cm³/mol. The van der Waals surface area contributed by atoms with E-state index in [9.17, 15) is 8.42 Å². The molecule has 0 aromatic carbocycles. The van der Waals surface area contributed by atoms with Crippen LogP contribution in [0.3, 0.4) is 0 Å². The van der Waals surface area contributed by atoms with Crippen LogP contribution in [0.25, 0.3) is 0 Å². The first kappa shape index (κ1) is 14.2. The zero-order valence-corrected chi connectivity index (χ0v) is 11.0. The average molecular weight is 262 g/mol. The number of aliphatic hydroxyl groups is 1. The number of sulfonamides is 1. The Kier molecular flexibility index (Phi) is 4.70. The highest BCUT2D eigenvalue weighted by molar-refractivity contribution is 7.89. The molecule has 0 saturated carbocycles. The quantitative estimate of drug-likeness (QED) is 0.746. The fraction of sp³-hybridized carbons (Fsp3) is 0.600. The molecule has 1 unspecified atom stereocenters. The SMILES string of the molecule is COCC(C)NS(=O)(=O)c1cc(CO)n(C)c1. The molecule has 2 N–H and O–H groups in total. The van der Waals surface area contributed by atoms with Crippen molar-refractivity contribution in [2.24, 2.45) is 7.05 Å². The van der Waals surface area contributed by atoms with Crippen LogP contribution in [0.4, 0.5) is 0 Å². The zero-order valence-electron chi connectivity index (χ0n) is 10.2. The third-order valence-electron chi connectivity index (χ3n) is 2.33. The number of hydrogen-bond acceptors (Lipinski definition) is 4. The van der Waals surface area contributed by atoms with E-state index in [1.807, 2.05) is 0 Å². The Labute approximate surface area is 101 Å². The van der Waals surface area contributed by atoms with Gasteiger partial charge in [-0.2, -0.15) is 0 Å². The van der Waals surface area contributed by atoms with Gasteiger partial charge in [0.25, 0.3) is 0 Å². The van der Waals surface area contributed by atoms with Crippen molar-refractivity contribution >= 4 is 10.0 Å². The van der Waals surface area contributed by atoms with E-state index < -0.39 is 10.0 Å². The summed E-state index contributed by atoms with van der Waals surface area (Å²) in [6, 6.07) is 1.14. The fourth-order valence-electron chi connectivity index (χ4n) is 1.50. The molecule has 0 bridgehead atoms. The maximum Gasteiger partial charge on any atom is 0.242 e. The highest BCUT2D eigenvalue weighted by Gasteiger charge is 2.19. The van der Waals surface area contributed by atoms with Gasteiger partial charge < -0.3 is 14.4 Å². The first-order valence-corrected chi connectivity index (χ1v) is 6.66. The molecule has 1 rings (SSSR count). The van der Waals surface area contributed by atoms with Crippen LogP contribution >= 0.6 is 0 Å². The van der Waals surface area contributed by atoms with Gasteiger partial charge in [-0.3, -0.25) is 0 Å². The Bertz CT molecular complexity index is 467. The van der Waals surface area contributed by atoms with Gasteiger partial charge in [0.15, 0.2) is 0 Å². The number of aliphatic hydroxyl groups excluding tert-OH is 1. The normalized spacial score (nSPS) is 13.9. The largest absolute Gasteiger partial charge is 0.390 e. The van der Waals surface area contributed by atoms with Gasteiger partial charge in [0.1, 0.15) is 0 Å². The number of rotatable bonds is 6. The van der Waals surface area contributed by atoms with Crippen molar-refractivity contribution in [2.45, 2.75) is 24.5 Å². The second-order valence-electron chi connectivity index (χ2n) is 3.91. The number of aromatic nitrogens is 1. The lowest BCUT2D eigenvalue weighted by Gasteiger charge is -2.11. The second kappa shape index (κ2) is 5.63. The van der Waals surface area contributed by atoms with Crippen molar-refractivity contribution in [3.05, 3.63) is 18.0 Å². The number of nitrogens with one attached hydrogen (secondary N) is 1. The summed E-state index contributed by atoms with van der Waals surface area (Å²) < 4.78 is 32.8. The molecule has 7 heteroatoms. The lowest BCUT2D eigenvalue weighted by molar-refractivity contribution is 0.180. The molecule has 0 radical (unpaired) electrons. The number of nitrogens with zero attached hydrogens (tertiary/aromatic N) is 1. The highest BCUT2D eigenvalue weighted by Crippen LogP contribution is 2.13. The van der Waals surface area contributed by atoms with Gasteiger partial charge in [-0.1, -0.05) is 0 Å². The Morgan fingerprint density at radius 1 is 1.59 bits per heavy atom. The van der Waals surface area contributed by atoms with Crippen LogP contribution in [0.5, 0.6) is 0 Å². The summed E-state index contributed by atoms with van der Waals surface area (Å²) in [4.78, 5) is 0.145. The van der Waals surface area contributed by atoms with E-state index in [2.05, 4.69) is 4.72 Å². The van der Waals surface area contributed by atoms with E-state index in [0.717, 1.165) is 0 Å². The monoisotopic (exact) mass is 262 g/mol. The van der Waals surface area contributed by atoms with Gasteiger partial charge in [0.2, 0.25) is 10.0 Å². The van der Waals surface area contributed by atoms with Gasteiger partial charge in [-0.05, 0) is 13.0 Å². The lowest BCUT2D eigenvalue weighted by atomic mass is 10.4. The molecule has 0 spiro atoms. The number of aryl methyl sites for hydroxylation is 1. The summed E-state index contributed by atoms with van der Waals surface area (Å²) in [6.45, 7) is 1.83. The highest BCUT2D eigenvalue weighted by atomic mass is 32.2. The van der Waals surface area contributed by atoms with Crippen LogP contribution in [0, 0.1) is 0 Å². The van der Waals surface area contributed by atoms with E-state index in [1.165, 1.54) is 19.4 Å². The molecule has 1 heterocycles. The summed E-state index contributed by atoms with van der Waals surface area (Å²) in [5.74, 6) is 0. The Morgan fingerprint density at radius 2 is 2.24 bits per heavy atom. The van der Waals surface area contributed by atoms with Gasteiger partial charge in [0.05, 0.1) is 18.1 Å². The van der Waals surface area contributed by atoms with Crippen molar-refractivity contribution in [3.63, 3.8) is 0 Å². The number of methoxy groups -OCH3 is 1. The first-order chi connectivity index (χ1) is 7.90. The minimum atomic E-state index is -3.56. The molecule has 6 nitrogen and oxygen atoms in total. The van der Waals surface area contributed by atoms with Crippen molar-refractivity contribution in [3.8, 4) is 0 Å². The van der Waals surface area contributed by atoms with Gasteiger partial charge in [-0.15, -0.1) is 0 Å². The third kappa shape index (κ3) is 3.53. The van der Waals surface area contributed by atoms with Gasteiger partial charge in [-0.25, -0.2) is 13.1 Å². The van der Waals surface area contributed by atoms with Crippen LogP contribution in [0.15, 0.2) is 17.2 Å². The zero-order chi connectivity index (χ0) is 13.1. The molecule has 98 valence electrons. The minimum absolute atomic E-state index is 0.145. The van der Waals surface area contributed by atoms with Crippen LogP contribution in [-0.4, -0.2) is 37.8 Å². The topological polar surface area (TPSA) is 80.6 Å². The molecule has 17 heavy (non-hydrogen) atoms. The molecule has 1 aromatic rings. The number of ether oxygens (including phenoxy) is 1. The van der Waals surface area contributed by atoms with E-state index in [0.29, 0.717) is 12.3 Å². The summed E-state index contributed by atoms with van der Waals surface area (Å²) in [5, 5.41) is 9.01. The maximum atomic E-state index is 11.9. The standard InChI is InChI=1S/C10H18N2O4S/c1-8(7-16-3)11-17(14,15)10-4-9(6-13)12(2)5-10/h4-5,8,11,13H,6-7H2,1-3H3. The molecule has 0 amide bonds. The Balaban J connectivity index is 2.89. The summed E-state index contributed by atoms with van der Waals surface area (Å²) in [7, 11) is -0.361. The van der Waals surface area contributed by atoms with E-state index >= 15 is 0 Å². The third-order valence-corrected chi connectivity index (χ3v) is 3.88. The summed E-state index contributed by atoms with van der Waals surface area (Å²) in [6.07, 6.45) is 1.47. The predicted octanol–water partition coefficient (Wildman–Crippen LogP) is -0.169. The fourth-order valence-corrected chi connectivity index (χ4v) is 2.82. The molecule has 0 aliphatic heterocycles. The molecule has 0 saturated heterocycles. The average Bonchev–Trinajstić information content (AvgIpc) is 2.59. The summed E-state index contributed by atoms with van der Waals surface area (Å²) in [5.41, 5.74) is 0.546. The Hall–Kier alpha value is -0.890. The van der Waals surface area contributed by atoms with Gasteiger partial charge >= 0.3 is 0 Å². The lowest BCUT2D eigenvalue weighted by Crippen LogP contribution is -2.35. The maximum absolute atomic E-state index is 11.9. The molecule has 1 atom stereocenters. The van der Waals surface area contributed by atoms with Crippen LogP contribution in [0.2, 0.25) is 0 Å². The molecule has 0 aliphatic carbocycles. The molecule has 1 aromatic heterocycles. The van der Waals surface area contributed by atoms with Crippen molar-refractivity contribution in [1.29, 1.82) is 0 Å². The summed E-state index contributed by atoms with van der Waals surface area (Å²) >= 11 is 0. The first-order valence-electron chi connectivity index (χ1n) is 5.18. The van der Waals surface area contributed by atoms with E-state index in [1.54, 1.807) is 18.5 Å². The molecule has 0 fully saturated rings. The van der Waals surface area contributed by atoms with Crippen molar-refractivity contribution in [2.75, 3.05) is 13.7 Å². The molecular formula is C10H18N2O4S. The van der Waals surface area contributed by atoms with Crippen molar-refractivity contribution in [1.82, 2.24) is 9.29 Å². The smallest absolute Gasteiger partial charge is 0.242 e. The van der Waals surface area contributed by atoms with Gasteiger partial charge in [0, 0.05) is 32.1 Å². The molecular weight excluding hydrogens is 244 g/mol. The molecule has 0 aliphatic rings. The van der Waals surface area contributed by atoms with Crippen molar-refractivity contribution < 1.29 is 18.3 Å². The number of hydrogen-bond donors (Lipinski definition) is 2. The van der Waals surface area contributed by atoms with Crippen LogP contribution in [-0.2, 0) is 28.4 Å². The second-order valence-corrected chi connectivity index (χ2v) is 5.63. The van der Waals surface area contributed by atoms with E-state index in [4.69, 9.17) is 9.84 Å². The van der Waals surface area contributed by atoms with Crippen LogP contribution < -0.4 is 4.72 Å². The van der Waals surface area contributed by atoms with E-state index in [-0.39, 0.29) is 17.5 Å². The Morgan fingerprint density at radius 3 is 2.71 bits per heavy atom.